The van der Waals surface area contributed by atoms with Crippen LogP contribution < -0.4 is 5.32 Å². The second kappa shape index (κ2) is 8.08. The zero-order valence-electron chi connectivity index (χ0n) is 12.4. The summed E-state index contributed by atoms with van der Waals surface area (Å²) in [5, 5.41) is 2.90. The van der Waals surface area contributed by atoms with Crippen molar-refractivity contribution < 1.29 is 9.59 Å². The minimum Gasteiger partial charge on any atom is -0.341 e. The van der Waals surface area contributed by atoms with E-state index in [1.807, 2.05) is 29.4 Å². The van der Waals surface area contributed by atoms with Gasteiger partial charge in [0.25, 0.3) is 5.91 Å². The number of benzene rings is 1. The van der Waals surface area contributed by atoms with E-state index in [4.69, 9.17) is 0 Å². The molecule has 114 valence electrons. The number of amides is 2. The molecule has 1 atom stereocenters. The van der Waals surface area contributed by atoms with Gasteiger partial charge < -0.3 is 10.2 Å². The minimum atomic E-state index is -0.414. The van der Waals surface area contributed by atoms with Crippen LogP contribution in [0.15, 0.2) is 30.3 Å². The number of nitrogens with zero attached hydrogens (tertiary/aromatic N) is 1. The lowest BCUT2D eigenvalue weighted by Gasteiger charge is -2.24. The molecule has 0 unspecified atom stereocenters. The first-order valence-electron chi connectivity index (χ1n) is 7.36. The highest BCUT2D eigenvalue weighted by Crippen LogP contribution is 2.12. The zero-order chi connectivity index (χ0) is 15.1. The van der Waals surface area contributed by atoms with Crippen LogP contribution in [0.4, 0.5) is 0 Å². The van der Waals surface area contributed by atoms with Gasteiger partial charge in [-0.25, -0.2) is 0 Å². The molecule has 0 aliphatic carbocycles. The van der Waals surface area contributed by atoms with Gasteiger partial charge in [0.1, 0.15) is 6.04 Å². The van der Waals surface area contributed by atoms with E-state index in [1.54, 1.807) is 23.9 Å². The molecule has 0 radical (unpaired) electrons. The first kappa shape index (κ1) is 15.9. The average molecular weight is 306 g/mol. The van der Waals surface area contributed by atoms with E-state index in [2.05, 4.69) is 5.32 Å². The van der Waals surface area contributed by atoms with Gasteiger partial charge >= 0.3 is 0 Å². The van der Waals surface area contributed by atoms with Crippen LogP contribution in [-0.4, -0.2) is 47.9 Å². The number of hydrogen-bond donors (Lipinski definition) is 1. The summed E-state index contributed by atoms with van der Waals surface area (Å²) in [5.74, 6) is 0.749. The van der Waals surface area contributed by atoms with Gasteiger partial charge in [0, 0.05) is 18.7 Å². The largest absolute Gasteiger partial charge is 0.341 e. The van der Waals surface area contributed by atoms with Gasteiger partial charge in [0.15, 0.2) is 0 Å². The second-order valence-electron chi connectivity index (χ2n) is 5.21. The molecule has 2 amide bonds. The molecule has 1 heterocycles. The van der Waals surface area contributed by atoms with Crippen LogP contribution in [0.5, 0.6) is 0 Å². The number of carbonyl (C=O) groups excluding carboxylic acids is 2. The maximum absolute atomic E-state index is 12.5. The molecule has 4 nitrogen and oxygen atoms in total. The molecule has 0 bridgehead atoms. The Balaban J connectivity index is 2.01. The Hall–Kier alpha value is -1.49. The lowest BCUT2D eigenvalue weighted by molar-refractivity contribution is -0.132. The van der Waals surface area contributed by atoms with E-state index >= 15 is 0 Å². The van der Waals surface area contributed by atoms with Crippen molar-refractivity contribution in [1.82, 2.24) is 10.2 Å². The van der Waals surface area contributed by atoms with E-state index in [0.29, 0.717) is 12.0 Å². The van der Waals surface area contributed by atoms with Crippen molar-refractivity contribution in [3.05, 3.63) is 35.9 Å². The molecule has 5 heteroatoms. The summed E-state index contributed by atoms with van der Waals surface area (Å²) >= 11 is 1.69. The van der Waals surface area contributed by atoms with Crippen molar-refractivity contribution in [3.8, 4) is 0 Å². The van der Waals surface area contributed by atoms with Gasteiger partial charge in [-0.05, 0) is 43.4 Å². The monoisotopic (exact) mass is 306 g/mol. The van der Waals surface area contributed by atoms with Crippen molar-refractivity contribution in [2.24, 2.45) is 0 Å². The van der Waals surface area contributed by atoms with Crippen molar-refractivity contribution >= 4 is 23.6 Å². The molecule has 21 heavy (non-hydrogen) atoms. The number of likely N-dealkylation sites (tertiary alicyclic amines) is 1. The van der Waals surface area contributed by atoms with Gasteiger partial charge in [-0.2, -0.15) is 11.8 Å². The lowest BCUT2D eigenvalue weighted by Crippen LogP contribution is -2.48. The van der Waals surface area contributed by atoms with Crippen molar-refractivity contribution in [2.75, 3.05) is 25.1 Å². The fraction of sp³-hybridized carbons (Fsp3) is 0.500. The topological polar surface area (TPSA) is 49.4 Å². The fourth-order valence-corrected chi connectivity index (χ4v) is 2.95. The standard InChI is InChI=1S/C16H22N2O2S/c1-21-12-9-14(16(20)18-10-5-6-11-18)17-15(19)13-7-3-2-4-8-13/h2-4,7-8,14H,5-6,9-12H2,1H3,(H,17,19)/t14-/m0/s1. The number of hydrogen-bond acceptors (Lipinski definition) is 3. The Labute approximate surface area is 130 Å². The summed E-state index contributed by atoms with van der Waals surface area (Å²) in [6, 6.07) is 8.64. The van der Waals surface area contributed by atoms with E-state index in [0.717, 1.165) is 31.7 Å². The van der Waals surface area contributed by atoms with E-state index in [9.17, 15) is 9.59 Å². The van der Waals surface area contributed by atoms with Crippen molar-refractivity contribution in [3.63, 3.8) is 0 Å². The molecular formula is C16H22N2O2S. The highest BCUT2D eigenvalue weighted by molar-refractivity contribution is 7.98. The molecule has 1 saturated heterocycles. The van der Waals surface area contributed by atoms with Gasteiger partial charge in [-0.3, -0.25) is 9.59 Å². The maximum atomic E-state index is 12.5. The molecule has 1 aliphatic heterocycles. The first-order chi connectivity index (χ1) is 10.2. The highest BCUT2D eigenvalue weighted by Gasteiger charge is 2.27. The predicted molar refractivity (Wildman–Crippen MR) is 86.5 cm³/mol. The number of nitrogens with one attached hydrogen (secondary N) is 1. The van der Waals surface area contributed by atoms with Crippen LogP contribution >= 0.6 is 11.8 Å². The number of carbonyl (C=O) groups is 2. The Morgan fingerprint density at radius 3 is 2.52 bits per heavy atom. The summed E-state index contributed by atoms with van der Waals surface area (Å²) in [5.41, 5.74) is 0.598. The quantitative estimate of drug-likeness (QED) is 0.876. The lowest BCUT2D eigenvalue weighted by atomic mass is 10.1. The van der Waals surface area contributed by atoms with Gasteiger partial charge in [0.05, 0.1) is 0 Å². The fourth-order valence-electron chi connectivity index (χ4n) is 2.48. The normalized spacial score (nSPS) is 15.8. The van der Waals surface area contributed by atoms with Crippen molar-refractivity contribution in [2.45, 2.75) is 25.3 Å². The SMILES string of the molecule is CSCC[C@H](NC(=O)c1ccccc1)C(=O)N1CCCC1. The van der Waals surface area contributed by atoms with Gasteiger partial charge in [-0.1, -0.05) is 18.2 Å². The highest BCUT2D eigenvalue weighted by atomic mass is 32.2. The van der Waals surface area contributed by atoms with Crippen LogP contribution in [0.3, 0.4) is 0 Å². The van der Waals surface area contributed by atoms with Crippen LogP contribution in [0.2, 0.25) is 0 Å². The molecule has 1 aromatic carbocycles. The predicted octanol–water partition coefficient (Wildman–Crippen LogP) is 2.16. The molecule has 0 spiro atoms. The molecule has 0 aromatic heterocycles. The van der Waals surface area contributed by atoms with Crippen LogP contribution in [0, 0.1) is 0 Å². The Morgan fingerprint density at radius 1 is 1.24 bits per heavy atom. The Bertz CT molecular complexity index is 472. The third-order valence-electron chi connectivity index (χ3n) is 3.67. The molecule has 1 aliphatic rings. The van der Waals surface area contributed by atoms with Gasteiger partial charge in [0.2, 0.25) is 5.91 Å². The van der Waals surface area contributed by atoms with Crippen LogP contribution in [0.1, 0.15) is 29.6 Å². The summed E-state index contributed by atoms with van der Waals surface area (Å²) in [6.07, 6.45) is 4.81. The van der Waals surface area contributed by atoms with E-state index < -0.39 is 6.04 Å². The summed E-state index contributed by atoms with van der Waals surface area (Å²) in [7, 11) is 0. The number of rotatable bonds is 6. The Kier molecular flexibility index (Phi) is 6.11. The van der Waals surface area contributed by atoms with Crippen molar-refractivity contribution in [1.29, 1.82) is 0 Å². The second-order valence-corrected chi connectivity index (χ2v) is 6.19. The average Bonchev–Trinajstić information content (AvgIpc) is 3.05. The van der Waals surface area contributed by atoms with E-state index in [-0.39, 0.29) is 11.8 Å². The summed E-state index contributed by atoms with van der Waals surface area (Å²) in [4.78, 5) is 26.6. The van der Waals surface area contributed by atoms with Gasteiger partial charge in [-0.15, -0.1) is 0 Å². The van der Waals surface area contributed by atoms with Crippen LogP contribution in [-0.2, 0) is 4.79 Å². The maximum Gasteiger partial charge on any atom is 0.251 e. The molecule has 1 N–H and O–H groups in total. The first-order valence-corrected chi connectivity index (χ1v) is 8.75. The smallest absolute Gasteiger partial charge is 0.251 e. The molecule has 2 rings (SSSR count). The Morgan fingerprint density at radius 2 is 1.90 bits per heavy atom. The summed E-state index contributed by atoms with van der Waals surface area (Å²) in [6.45, 7) is 1.63. The molecule has 1 aromatic rings. The minimum absolute atomic E-state index is 0.0610. The zero-order valence-corrected chi connectivity index (χ0v) is 13.2. The third kappa shape index (κ3) is 4.49. The summed E-state index contributed by atoms with van der Waals surface area (Å²) < 4.78 is 0. The molecular weight excluding hydrogens is 284 g/mol. The number of thioether (sulfide) groups is 1. The van der Waals surface area contributed by atoms with E-state index in [1.165, 1.54) is 0 Å². The van der Waals surface area contributed by atoms with Crippen LogP contribution in [0.25, 0.3) is 0 Å². The molecule has 1 fully saturated rings. The molecule has 0 saturated carbocycles. The third-order valence-corrected chi connectivity index (χ3v) is 4.31.